The number of nitrogens with zero attached hydrogens (tertiary/aromatic N) is 1. The zero-order valence-electron chi connectivity index (χ0n) is 7.90. The van der Waals surface area contributed by atoms with Gasteiger partial charge in [0.15, 0.2) is 0 Å². The van der Waals surface area contributed by atoms with Gasteiger partial charge in [-0.15, -0.1) is 0 Å². The number of rotatable bonds is 2. The Morgan fingerprint density at radius 1 is 1.14 bits per heavy atom. The van der Waals surface area contributed by atoms with Crippen molar-refractivity contribution in [2.24, 2.45) is 0 Å². The Bertz CT molecular complexity index is 427. The SMILES string of the molecule is c1ccc(-c2cc(C3CC3)[nH]n2)cc1. The third-order valence-electron chi connectivity index (χ3n) is 2.68. The maximum absolute atomic E-state index is 4.32. The Kier molecular flexibility index (Phi) is 1.66. The smallest absolute Gasteiger partial charge is 0.0923 e. The average molecular weight is 184 g/mol. The van der Waals surface area contributed by atoms with Crippen molar-refractivity contribution in [1.29, 1.82) is 0 Å². The van der Waals surface area contributed by atoms with Crippen LogP contribution in [0.4, 0.5) is 0 Å². The molecule has 0 unspecified atom stereocenters. The van der Waals surface area contributed by atoms with Crippen molar-refractivity contribution in [1.82, 2.24) is 10.2 Å². The number of aromatic amines is 1. The van der Waals surface area contributed by atoms with Crippen molar-refractivity contribution in [3.05, 3.63) is 42.1 Å². The van der Waals surface area contributed by atoms with Crippen molar-refractivity contribution >= 4 is 0 Å². The van der Waals surface area contributed by atoms with E-state index in [0.29, 0.717) is 0 Å². The normalized spacial score (nSPS) is 15.7. The third-order valence-corrected chi connectivity index (χ3v) is 2.68. The Labute approximate surface area is 83.0 Å². The number of hydrogen-bond acceptors (Lipinski definition) is 1. The predicted molar refractivity (Wildman–Crippen MR) is 56.0 cm³/mol. The maximum atomic E-state index is 4.32. The van der Waals surface area contributed by atoms with Gasteiger partial charge < -0.3 is 0 Å². The second kappa shape index (κ2) is 2.98. The third kappa shape index (κ3) is 1.33. The summed E-state index contributed by atoms with van der Waals surface area (Å²) in [5, 5.41) is 7.44. The summed E-state index contributed by atoms with van der Waals surface area (Å²) in [4.78, 5) is 0. The largest absolute Gasteiger partial charge is 0.282 e. The molecular formula is C12H12N2. The lowest BCUT2D eigenvalue weighted by Gasteiger charge is -1.92. The lowest BCUT2D eigenvalue weighted by molar-refractivity contribution is 0.967. The fraction of sp³-hybridized carbons (Fsp3) is 0.250. The minimum atomic E-state index is 0.750. The average Bonchev–Trinajstić information content (AvgIpc) is 2.98. The fourth-order valence-corrected chi connectivity index (χ4v) is 1.70. The second-order valence-electron chi connectivity index (χ2n) is 3.85. The highest BCUT2D eigenvalue weighted by Gasteiger charge is 2.25. The molecule has 1 heterocycles. The van der Waals surface area contributed by atoms with Crippen LogP contribution in [0.1, 0.15) is 24.5 Å². The molecule has 70 valence electrons. The molecule has 0 spiro atoms. The van der Waals surface area contributed by atoms with Crippen molar-refractivity contribution in [3.8, 4) is 11.3 Å². The molecule has 1 N–H and O–H groups in total. The van der Waals surface area contributed by atoms with Gasteiger partial charge in [0.25, 0.3) is 0 Å². The van der Waals surface area contributed by atoms with Gasteiger partial charge in [0.1, 0.15) is 0 Å². The molecule has 2 aromatic rings. The molecule has 1 fully saturated rings. The van der Waals surface area contributed by atoms with Crippen LogP contribution < -0.4 is 0 Å². The van der Waals surface area contributed by atoms with Crippen LogP contribution in [-0.4, -0.2) is 10.2 Å². The van der Waals surface area contributed by atoms with E-state index in [2.05, 4.69) is 28.4 Å². The Hall–Kier alpha value is -1.57. The highest BCUT2D eigenvalue weighted by atomic mass is 15.1. The molecule has 1 aliphatic rings. The van der Waals surface area contributed by atoms with Crippen LogP contribution in [0.25, 0.3) is 11.3 Å². The molecule has 0 atom stereocenters. The summed E-state index contributed by atoms with van der Waals surface area (Å²) in [6, 6.07) is 12.5. The topological polar surface area (TPSA) is 28.7 Å². The molecule has 1 aromatic heterocycles. The summed E-state index contributed by atoms with van der Waals surface area (Å²) >= 11 is 0. The lowest BCUT2D eigenvalue weighted by Crippen LogP contribution is -1.76. The Morgan fingerprint density at radius 2 is 1.93 bits per heavy atom. The minimum absolute atomic E-state index is 0.750. The minimum Gasteiger partial charge on any atom is -0.282 e. The van der Waals surface area contributed by atoms with E-state index in [1.807, 2.05) is 18.2 Å². The molecule has 0 radical (unpaired) electrons. The van der Waals surface area contributed by atoms with Crippen molar-refractivity contribution in [2.45, 2.75) is 18.8 Å². The van der Waals surface area contributed by atoms with Gasteiger partial charge in [-0.1, -0.05) is 30.3 Å². The molecule has 1 saturated carbocycles. The number of hydrogen-bond donors (Lipinski definition) is 1. The standard InChI is InChI=1S/C12H12N2/c1-2-4-9(5-3-1)11-8-12(14-13-11)10-6-7-10/h1-5,8,10H,6-7H2,(H,13,14). The van der Waals surface area contributed by atoms with Crippen LogP contribution >= 0.6 is 0 Å². The monoisotopic (exact) mass is 184 g/mol. The summed E-state index contributed by atoms with van der Waals surface area (Å²) in [5.74, 6) is 0.750. The van der Waals surface area contributed by atoms with Crippen LogP contribution in [0.2, 0.25) is 0 Å². The van der Waals surface area contributed by atoms with E-state index in [-0.39, 0.29) is 0 Å². The molecular weight excluding hydrogens is 172 g/mol. The van der Waals surface area contributed by atoms with Crippen LogP contribution in [0, 0.1) is 0 Å². The number of H-pyrrole nitrogens is 1. The van der Waals surface area contributed by atoms with Gasteiger partial charge in [-0.2, -0.15) is 5.10 Å². The quantitative estimate of drug-likeness (QED) is 0.763. The highest BCUT2D eigenvalue weighted by molar-refractivity contribution is 5.59. The van der Waals surface area contributed by atoms with E-state index >= 15 is 0 Å². The molecule has 14 heavy (non-hydrogen) atoms. The molecule has 0 aliphatic heterocycles. The summed E-state index contributed by atoms with van der Waals surface area (Å²) in [7, 11) is 0. The lowest BCUT2D eigenvalue weighted by atomic mass is 10.1. The molecule has 3 rings (SSSR count). The molecule has 0 amide bonds. The van der Waals surface area contributed by atoms with Crippen LogP contribution in [0.3, 0.4) is 0 Å². The maximum Gasteiger partial charge on any atom is 0.0923 e. The zero-order chi connectivity index (χ0) is 9.38. The molecule has 1 aliphatic carbocycles. The Balaban J connectivity index is 1.96. The fourth-order valence-electron chi connectivity index (χ4n) is 1.70. The predicted octanol–water partition coefficient (Wildman–Crippen LogP) is 2.95. The first-order valence-corrected chi connectivity index (χ1v) is 5.04. The summed E-state index contributed by atoms with van der Waals surface area (Å²) in [6.45, 7) is 0. The number of benzene rings is 1. The van der Waals surface area contributed by atoms with Crippen molar-refractivity contribution in [2.75, 3.05) is 0 Å². The first kappa shape index (κ1) is 7.80. The summed E-state index contributed by atoms with van der Waals surface area (Å²) in [5.41, 5.74) is 3.55. The molecule has 1 aromatic carbocycles. The van der Waals surface area contributed by atoms with Gasteiger partial charge >= 0.3 is 0 Å². The van der Waals surface area contributed by atoms with Gasteiger partial charge in [-0.25, -0.2) is 0 Å². The Morgan fingerprint density at radius 3 is 2.64 bits per heavy atom. The molecule has 2 nitrogen and oxygen atoms in total. The van der Waals surface area contributed by atoms with Crippen LogP contribution in [0.15, 0.2) is 36.4 Å². The number of aromatic nitrogens is 2. The van der Waals surface area contributed by atoms with E-state index in [0.717, 1.165) is 11.6 Å². The van der Waals surface area contributed by atoms with Gasteiger partial charge in [0.05, 0.1) is 5.69 Å². The molecule has 0 saturated heterocycles. The van der Waals surface area contributed by atoms with Gasteiger partial charge in [0, 0.05) is 17.2 Å². The first-order valence-electron chi connectivity index (χ1n) is 5.04. The highest BCUT2D eigenvalue weighted by Crippen LogP contribution is 2.39. The van der Waals surface area contributed by atoms with E-state index in [9.17, 15) is 0 Å². The van der Waals surface area contributed by atoms with Gasteiger partial charge in [0.2, 0.25) is 0 Å². The molecule has 0 bridgehead atoms. The van der Waals surface area contributed by atoms with E-state index < -0.39 is 0 Å². The van der Waals surface area contributed by atoms with Gasteiger partial charge in [-0.3, -0.25) is 5.10 Å². The van der Waals surface area contributed by atoms with E-state index in [1.54, 1.807) is 0 Å². The van der Waals surface area contributed by atoms with E-state index in [4.69, 9.17) is 0 Å². The van der Waals surface area contributed by atoms with Gasteiger partial charge in [-0.05, 0) is 18.9 Å². The summed E-state index contributed by atoms with van der Waals surface area (Å²) in [6.07, 6.45) is 2.63. The van der Waals surface area contributed by atoms with Crippen LogP contribution in [0.5, 0.6) is 0 Å². The van der Waals surface area contributed by atoms with Crippen LogP contribution in [-0.2, 0) is 0 Å². The van der Waals surface area contributed by atoms with E-state index in [1.165, 1.54) is 24.1 Å². The summed E-state index contributed by atoms with van der Waals surface area (Å²) < 4.78 is 0. The zero-order valence-corrected chi connectivity index (χ0v) is 7.90. The van der Waals surface area contributed by atoms with Crippen molar-refractivity contribution < 1.29 is 0 Å². The number of nitrogens with one attached hydrogen (secondary N) is 1. The second-order valence-corrected chi connectivity index (χ2v) is 3.85. The molecule has 2 heteroatoms. The van der Waals surface area contributed by atoms with Crippen molar-refractivity contribution in [3.63, 3.8) is 0 Å². The first-order chi connectivity index (χ1) is 6.93.